The molecule has 0 N–H and O–H groups in total. The fourth-order valence-corrected chi connectivity index (χ4v) is 3.98. The van der Waals surface area contributed by atoms with Gasteiger partial charge in [-0.2, -0.15) is 5.10 Å². The highest BCUT2D eigenvalue weighted by molar-refractivity contribution is 5.93. The summed E-state index contributed by atoms with van der Waals surface area (Å²) in [5, 5.41) is 4.53. The number of nitrogens with zero attached hydrogens (tertiary/aromatic N) is 7. The van der Waals surface area contributed by atoms with Gasteiger partial charge in [0.15, 0.2) is 0 Å². The third-order valence-corrected chi connectivity index (χ3v) is 5.81. The van der Waals surface area contributed by atoms with Crippen molar-refractivity contribution >= 4 is 11.7 Å². The molecule has 4 heterocycles. The van der Waals surface area contributed by atoms with Crippen molar-refractivity contribution in [3.63, 3.8) is 0 Å². The monoisotopic (exact) mass is 367 g/mol. The topological polar surface area (TPSA) is 70.4 Å². The van der Waals surface area contributed by atoms with Gasteiger partial charge in [-0.25, -0.2) is 14.8 Å². The van der Waals surface area contributed by atoms with Crippen LogP contribution in [0, 0.1) is 0 Å². The normalized spacial score (nSPS) is 23.6. The number of urea groups is 1. The molecule has 0 spiro atoms. The standard InChI is InChI=1S/C19H25N7O/c1-23-6-7-25(19(23)27)17-10-22-26(13-17)16-4-5-24(12-16)11-14-8-20-18(21-9-14)15-2-3-15/h8-10,13,15-16H,2-7,11-12H2,1H3. The maximum atomic E-state index is 12.2. The highest BCUT2D eigenvalue weighted by Gasteiger charge is 2.30. The van der Waals surface area contributed by atoms with E-state index < -0.39 is 0 Å². The Morgan fingerprint density at radius 3 is 2.59 bits per heavy atom. The number of aromatic nitrogens is 4. The lowest BCUT2D eigenvalue weighted by atomic mass is 10.3. The highest BCUT2D eigenvalue weighted by Crippen LogP contribution is 2.37. The molecular formula is C19H25N7O. The van der Waals surface area contributed by atoms with Crippen LogP contribution >= 0.6 is 0 Å². The molecule has 2 aromatic heterocycles. The number of likely N-dealkylation sites (tertiary alicyclic amines) is 1. The maximum Gasteiger partial charge on any atom is 0.324 e. The zero-order chi connectivity index (χ0) is 18.4. The van der Waals surface area contributed by atoms with Crippen molar-refractivity contribution in [3.05, 3.63) is 36.2 Å². The molecule has 27 heavy (non-hydrogen) atoms. The molecule has 0 radical (unpaired) electrons. The van der Waals surface area contributed by atoms with Crippen molar-refractivity contribution in [2.75, 3.05) is 38.1 Å². The van der Waals surface area contributed by atoms with Gasteiger partial charge in [0.05, 0.1) is 17.9 Å². The van der Waals surface area contributed by atoms with Crippen LogP contribution in [0.15, 0.2) is 24.8 Å². The minimum atomic E-state index is 0.0530. The van der Waals surface area contributed by atoms with Crippen LogP contribution in [0.5, 0.6) is 0 Å². The number of likely N-dealkylation sites (N-methyl/N-ethyl adjacent to an activating group) is 1. The van der Waals surface area contributed by atoms with E-state index in [-0.39, 0.29) is 6.03 Å². The Balaban J connectivity index is 1.20. The molecule has 5 rings (SSSR count). The molecule has 1 unspecified atom stereocenters. The van der Waals surface area contributed by atoms with Crippen LogP contribution in [0.4, 0.5) is 10.5 Å². The molecule has 8 heteroatoms. The second-order valence-electron chi connectivity index (χ2n) is 7.94. The third kappa shape index (κ3) is 3.29. The summed E-state index contributed by atoms with van der Waals surface area (Å²) >= 11 is 0. The summed E-state index contributed by atoms with van der Waals surface area (Å²) in [5.41, 5.74) is 2.07. The number of rotatable bonds is 5. The lowest BCUT2D eigenvalue weighted by Gasteiger charge is -2.16. The van der Waals surface area contributed by atoms with Crippen LogP contribution in [0.1, 0.15) is 42.6 Å². The highest BCUT2D eigenvalue weighted by atomic mass is 16.2. The Morgan fingerprint density at radius 1 is 1.07 bits per heavy atom. The second-order valence-corrected chi connectivity index (χ2v) is 7.94. The van der Waals surface area contributed by atoms with Gasteiger partial charge in [-0.3, -0.25) is 14.5 Å². The molecule has 2 aliphatic heterocycles. The van der Waals surface area contributed by atoms with Gasteiger partial charge >= 0.3 is 6.03 Å². The fourth-order valence-electron chi connectivity index (χ4n) is 3.98. The first-order valence-corrected chi connectivity index (χ1v) is 9.77. The van der Waals surface area contributed by atoms with Crippen LogP contribution in [-0.4, -0.2) is 68.8 Å². The molecule has 2 saturated heterocycles. The minimum Gasteiger partial charge on any atom is -0.326 e. The van der Waals surface area contributed by atoms with Crippen molar-refractivity contribution in [1.29, 1.82) is 0 Å². The van der Waals surface area contributed by atoms with E-state index in [2.05, 4.69) is 20.0 Å². The van der Waals surface area contributed by atoms with Gasteiger partial charge in [0, 0.05) is 69.8 Å². The van der Waals surface area contributed by atoms with Crippen molar-refractivity contribution in [2.24, 2.45) is 0 Å². The van der Waals surface area contributed by atoms with E-state index in [0.717, 1.165) is 50.7 Å². The Labute approximate surface area is 158 Å². The maximum absolute atomic E-state index is 12.2. The molecule has 8 nitrogen and oxygen atoms in total. The van der Waals surface area contributed by atoms with Gasteiger partial charge in [0.25, 0.3) is 0 Å². The number of carbonyl (C=O) groups is 1. The molecular weight excluding hydrogens is 342 g/mol. The summed E-state index contributed by atoms with van der Waals surface area (Å²) in [4.78, 5) is 27.2. The van der Waals surface area contributed by atoms with E-state index in [4.69, 9.17) is 0 Å². The average Bonchev–Trinajstić information content (AvgIpc) is 3.07. The van der Waals surface area contributed by atoms with Crippen LogP contribution in [0.25, 0.3) is 0 Å². The lowest BCUT2D eigenvalue weighted by molar-refractivity contribution is 0.229. The van der Waals surface area contributed by atoms with Gasteiger partial charge in [-0.05, 0) is 19.3 Å². The summed E-state index contributed by atoms with van der Waals surface area (Å²) in [7, 11) is 1.84. The van der Waals surface area contributed by atoms with Crippen molar-refractivity contribution < 1.29 is 4.79 Å². The van der Waals surface area contributed by atoms with Gasteiger partial charge in [-0.15, -0.1) is 0 Å². The van der Waals surface area contributed by atoms with Crippen molar-refractivity contribution in [2.45, 2.75) is 37.8 Å². The van der Waals surface area contributed by atoms with Crippen molar-refractivity contribution in [1.82, 2.24) is 29.5 Å². The molecule has 1 atom stereocenters. The summed E-state index contributed by atoms with van der Waals surface area (Å²) in [5.74, 6) is 1.61. The van der Waals surface area contributed by atoms with E-state index in [1.165, 1.54) is 18.4 Å². The number of anilines is 1. The first-order chi connectivity index (χ1) is 13.2. The van der Waals surface area contributed by atoms with Gasteiger partial charge in [0.1, 0.15) is 5.82 Å². The zero-order valence-corrected chi connectivity index (χ0v) is 15.7. The number of carbonyl (C=O) groups excluding carboxylic acids is 1. The minimum absolute atomic E-state index is 0.0530. The molecule has 2 amide bonds. The zero-order valence-electron chi connectivity index (χ0n) is 15.7. The largest absolute Gasteiger partial charge is 0.326 e. The summed E-state index contributed by atoms with van der Waals surface area (Å²) in [6, 6.07) is 0.401. The number of hydrogen-bond donors (Lipinski definition) is 0. The predicted molar refractivity (Wildman–Crippen MR) is 101 cm³/mol. The first-order valence-electron chi connectivity index (χ1n) is 9.77. The SMILES string of the molecule is CN1CCN(c2cnn(C3CCN(Cc4cnc(C5CC5)nc4)C3)c2)C1=O. The van der Waals surface area contributed by atoms with Gasteiger partial charge in [-0.1, -0.05) is 0 Å². The first kappa shape index (κ1) is 16.7. The average molecular weight is 367 g/mol. The van der Waals surface area contributed by atoms with Gasteiger partial charge < -0.3 is 4.90 Å². The lowest BCUT2D eigenvalue weighted by Crippen LogP contribution is -2.28. The predicted octanol–water partition coefficient (Wildman–Crippen LogP) is 1.87. The van der Waals surface area contributed by atoms with Crippen molar-refractivity contribution in [3.8, 4) is 0 Å². The molecule has 0 bridgehead atoms. The van der Waals surface area contributed by atoms with Crippen LogP contribution in [0.2, 0.25) is 0 Å². The molecule has 2 aromatic rings. The Morgan fingerprint density at radius 2 is 1.89 bits per heavy atom. The Hall–Kier alpha value is -2.48. The summed E-state index contributed by atoms with van der Waals surface area (Å²) in [6.45, 7) is 4.37. The smallest absolute Gasteiger partial charge is 0.324 e. The van der Waals surface area contributed by atoms with E-state index in [0.29, 0.717) is 12.0 Å². The fraction of sp³-hybridized carbons (Fsp3) is 0.579. The Kier molecular flexibility index (Phi) is 4.07. The summed E-state index contributed by atoms with van der Waals surface area (Å²) < 4.78 is 2.02. The van der Waals surface area contributed by atoms with Crippen LogP contribution in [-0.2, 0) is 6.54 Å². The second kappa shape index (κ2) is 6.60. The number of amides is 2. The summed E-state index contributed by atoms with van der Waals surface area (Å²) in [6.07, 6.45) is 11.3. The van der Waals surface area contributed by atoms with E-state index in [1.54, 1.807) is 9.80 Å². The molecule has 1 aliphatic carbocycles. The van der Waals surface area contributed by atoms with E-state index >= 15 is 0 Å². The van der Waals surface area contributed by atoms with E-state index in [9.17, 15) is 4.79 Å². The molecule has 3 aliphatic rings. The molecule has 3 fully saturated rings. The van der Waals surface area contributed by atoms with E-state index in [1.807, 2.05) is 36.5 Å². The Bertz CT molecular complexity index is 829. The molecule has 0 aromatic carbocycles. The number of hydrogen-bond acceptors (Lipinski definition) is 5. The van der Waals surface area contributed by atoms with Gasteiger partial charge in [0.2, 0.25) is 0 Å². The quantitative estimate of drug-likeness (QED) is 0.807. The molecule has 142 valence electrons. The van der Waals surface area contributed by atoms with Crippen LogP contribution in [0.3, 0.4) is 0 Å². The third-order valence-electron chi connectivity index (χ3n) is 5.81. The van der Waals surface area contributed by atoms with Crippen LogP contribution < -0.4 is 4.90 Å². The molecule has 1 saturated carbocycles.